The largest absolute Gasteiger partial charge is 0.380 e. The van der Waals surface area contributed by atoms with Crippen LogP contribution in [0.15, 0.2) is 0 Å². The summed E-state index contributed by atoms with van der Waals surface area (Å²) < 4.78 is 5.25. The Hall–Kier alpha value is 0.230. The van der Waals surface area contributed by atoms with Gasteiger partial charge in [0.15, 0.2) is 0 Å². The van der Waals surface area contributed by atoms with Crippen molar-refractivity contribution in [3.8, 4) is 0 Å². The molecule has 1 unspecified atom stereocenters. The van der Waals surface area contributed by atoms with Crippen LogP contribution >= 0.6 is 11.8 Å². The van der Waals surface area contributed by atoms with Gasteiger partial charge in [-0.3, -0.25) is 4.90 Å². The Morgan fingerprint density at radius 1 is 1.42 bits per heavy atom. The van der Waals surface area contributed by atoms with Crippen LogP contribution in [0.25, 0.3) is 0 Å². The van der Waals surface area contributed by atoms with Crippen molar-refractivity contribution >= 4 is 11.8 Å². The molecule has 1 atom stereocenters. The Balaban J connectivity index is 1.89. The molecule has 1 N–H and O–H groups in total. The summed E-state index contributed by atoms with van der Waals surface area (Å²) in [5, 5.41) is 9.58. The zero-order valence-electron chi connectivity index (χ0n) is 7.03. The van der Waals surface area contributed by atoms with Crippen LogP contribution < -0.4 is 0 Å². The van der Waals surface area contributed by atoms with E-state index in [9.17, 15) is 5.11 Å². The van der Waals surface area contributed by atoms with E-state index in [1.807, 2.05) is 0 Å². The maximum atomic E-state index is 9.58. The second kappa shape index (κ2) is 3.96. The number of nitrogens with zero attached hydrogens (tertiary/aromatic N) is 1. The van der Waals surface area contributed by atoms with E-state index in [2.05, 4.69) is 4.90 Å². The molecule has 0 spiro atoms. The van der Waals surface area contributed by atoms with Crippen LogP contribution in [-0.2, 0) is 4.74 Å². The van der Waals surface area contributed by atoms with Gasteiger partial charge in [0.25, 0.3) is 0 Å². The van der Waals surface area contributed by atoms with Gasteiger partial charge < -0.3 is 9.84 Å². The first kappa shape index (κ1) is 8.81. The third kappa shape index (κ3) is 1.76. The van der Waals surface area contributed by atoms with Gasteiger partial charge in [0.2, 0.25) is 0 Å². The fourth-order valence-corrected chi connectivity index (χ4v) is 2.67. The summed E-state index contributed by atoms with van der Waals surface area (Å²) in [6.45, 7) is 3.52. The molecule has 0 bridgehead atoms. The number of ether oxygens (including phenoxy) is 1. The SMILES string of the molecule is OC1SCC[C]1N1CCOCC1. The molecule has 2 heterocycles. The first-order chi connectivity index (χ1) is 5.88. The summed E-state index contributed by atoms with van der Waals surface area (Å²) >= 11 is 1.64. The molecule has 0 aliphatic carbocycles. The Morgan fingerprint density at radius 2 is 2.17 bits per heavy atom. The molecule has 2 fully saturated rings. The van der Waals surface area contributed by atoms with E-state index >= 15 is 0 Å². The summed E-state index contributed by atoms with van der Waals surface area (Å²) in [5.74, 6) is 1.06. The standard InChI is InChI=1S/C8H14NO2S/c10-8-7(1-6-12-8)9-2-4-11-5-3-9/h8,10H,1-6H2. The first-order valence-electron chi connectivity index (χ1n) is 4.36. The van der Waals surface area contributed by atoms with Gasteiger partial charge in [-0.2, -0.15) is 0 Å². The highest BCUT2D eigenvalue weighted by Crippen LogP contribution is 2.34. The molecule has 2 aliphatic heterocycles. The maximum Gasteiger partial charge on any atom is 0.120 e. The quantitative estimate of drug-likeness (QED) is 0.642. The van der Waals surface area contributed by atoms with Crippen molar-refractivity contribution in [2.45, 2.75) is 11.9 Å². The average molecular weight is 188 g/mol. The van der Waals surface area contributed by atoms with Crippen LogP contribution in [0.2, 0.25) is 0 Å². The minimum Gasteiger partial charge on any atom is -0.380 e. The summed E-state index contributed by atoms with van der Waals surface area (Å²) in [5.41, 5.74) is -0.247. The van der Waals surface area contributed by atoms with Crippen molar-refractivity contribution in [2.24, 2.45) is 0 Å². The second-order valence-corrected chi connectivity index (χ2v) is 4.25. The van der Waals surface area contributed by atoms with Crippen LogP contribution in [0.1, 0.15) is 6.42 Å². The van der Waals surface area contributed by atoms with Crippen molar-refractivity contribution in [3.05, 3.63) is 6.04 Å². The molecule has 0 aromatic rings. The summed E-state index contributed by atoms with van der Waals surface area (Å²) in [6, 6.07) is 1.21. The highest BCUT2D eigenvalue weighted by atomic mass is 32.2. The van der Waals surface area contributed by atoms with Crippen molar-refractivity contribution in [1.82, 2.24) is 4.90 Å². The van der Waals surface area contributed by atoms with E-state index in [0.29, 0.717) is 0 Å². The van der Waals surface area contributed by atoms with Crippen LogP contribution in [-0.4, -0.2) is 47.5 Å². The smallest absolute Gasteiger partial charge is 0.120 e. The van der Waals surface area contributed by atoms with Crippen LogP contribution in [0, 0.1) is 6.04 Å². The minimum absolute atomic E-state index is 0.247. The lowest BCUT2D eigenvalue weighted by atomic mass is 10.2. The molecular formula is C8H14NO2S. The number of thioether (sulfide) groups is 1. The Bertz CT molecular complexity index is 150. The normalized spacial score (nSPS) is 34.2. The highest BCUT2D eigenvalue weighted by molar-refractivity contribution is 8.00. The molecule has 2 saturated heterocycles. The van der Waals surface area contributed by atoms with Crippen LogP contribution in [0.3, 0.4) is 0 Å². The fraction of sp³-hybridized carbons (Fsp3) is 0.875. The molecule has 69 valence electrons. The first-order valence-corrected chi connectivity index (χ1v) is 5.41. The van der Waals surface area contributed by atoms with Crippen molar-refractivity contribution in [2.75, 3.05) is 32.1 Å². The zero-order chi connectivity index (χ0) is 8.39. The lowest BCUT2D eigenvalue weighted by molar-refractivity contribution is 0.0291. The van der Waals surface area contributed by atoms with E-state index in [4.69, 9.17) is 4.74 Å². The molecule has 4 heteroatoms. The predicted octanol–water partition coefficient (Wildman–Crippen LogP) is 0.306. The number of aliphatic hydroxyl groups excluding tert-OH is 1. The lowest BCUT2D eigenvalue weighted by Gasteiger charge is -2.32. The van der Waals surface area contributed by atoms with E-state index in [0.717, 1.165) is 38.5 Å². The average Bonchev–Trinajstić information content (AvgIpc) is 2.53. The van der Waals surface area contributed by atoms with Gasteiger partial charge in [0, 0.05) is 13.1 Å². The number of hydrogen-bond donors (Lipinski definition) is 1. The summed E-state index contributed by atoms with van der Waals surface area (Å²) in [7, 11) is 0. The van der Waals surface area contributed by atoms with Gasteiger partial charge in [-0.05, 0) is 12.2 Å². The molecule has 0 amide bonds. The van der Waals surface area contributed by atoms with Gasteiger partial charge >= 0.3 is 0 Å². The van der Waals surface area contributed by atoms with Gasteiger partial charge in [-0.15, -0.1) is 11.8 Å². The third-order valence-corrected chi connectivity index (χ3v) is 3.36. The molecule has 2 rings (SSSR count). The monoisotopic (exact) mass is 188 g/mol. The molecule has 12 heavy (non-hydrogen) atoms. The van der Waals surface area contributed by atoms with E-state index in [1.165, 1.54) is 6.04 Å². The Kier molecular flexibility index (Phi) is 2.91. The fourth-order valence-electron chi connectivity index (χ4n) is 1.66. The summed E-state index contributed by atoms with van der Waals surface area (Å²) in [4.78, 5) is 2.27. The van der Waals surface area contributed by atoms with E-state index in [1.54, 1.807) is 11.8 Å². The second-order valence-electron chi connectivity index (χ2n) is 3.06. The molecule has 3 nitrogen and oxygen atoms in total. The lowest BCUT2D eigenvalue weighted by Crippen LogP contribution is -2.41. The van der Waals surface area contributed by atoms with Crippen LogP contribution in [0.4, 0.5) is 0 Å². The van der Waals surface area contributed by atoms with E-state index in [-0.39, 0.29) is 5.44 Å². The van der Waals surface area contributed by atoms with Crippen molar-refractivity contribution in [3.63, 3.8) is 0 Å². The Morgan fingerprint density at radius 3 is 2.75 bits per heavy atom. The molecule has 1 radical (unpaired) electrons. The summed E-state index contributed by atoms with van der Waals surface area (Å²) in [6.07, 6.45) is 1.05. The van der Waals surface area contributed by atoms with Crippen LogP contribution in [0.5, 0.6) is 0 Å². The molecule has 0 aromatic heterocycles. The Labute approximate surface area is 77.1 Å². The topological polar surface area (TPSA) is 32.7 Å². The molecule has 2 aliphatic rings. The maximum absolute atomic E-state index is 9.58. The highest BCUT2D eigenvalue weighted by Gasteiger charge is 2.32. The zero-order valence-corrected chi connectivity index (χ0v) is 7.85. The minimum atomic E-state index is -0.247. The molecular weight excluding hydrogens is 174 g/mol. The van der Waals surface area contributed by atoms with Crippen molar-refractivity contribution < 1.29 is 9.84 Å². The predicted molar refractivity (Wildman–Crippen MR) is 48.7 cm³/mol. The number of hydrogen-bond acceptors (Lipinski definition) is 4. The number of morpholine rings is 1. The van der Waals surface area contributed by atoms with Gasteiger partial charge in [-0.1, -0.05) is 0 Å². The van der Waals surface area contributed by atoms with Gasteiger partial charge in [0.1, 0.15) is 5.44 Å². The van der Waals surface area contributed by atoms with Crippen molar-refractivity contribution in [1.29, 1.82) is 0 Å². The van der Waals surface area contributed by atoms with Gasteiger partial charge in [-0.25, -0.2) is 0 Å². The van der Waals surface area contributed by atoms with E-state index < -0.39 is 0 Å². The molecule has 0 aromatic carbocycles. The number of rotatable bonds is 1. The molecule has 0 saturated carbocycles. The third-order valence-electron chi connectivity index (χ3n) is 2.34. The van der Waals surface area contributed by atoms with Gasteiger partial charge in [0.05, 0.1) is 19.3 Å². The number of aliphatic hydroxyl groups is 1.